The summed E-state index contributed by atoms with van der Waals surface area (Å²) < 4.78 is 0. The highest BCUT2D eigenvalue weighted by molar-refractivity contribution is 14.0. The van der Waals surface area contributed by atoms with Gasteiger partial charge in [-0.3, -0.25) is 14.7 Å². The van der Waals surface area contributed by atoms with Crippen molar-refractivity contribution in [3.63, 3.8) is 0 Å². The smallest absolute Gasteiger partial charge is 0.251 e. The first-order chi connectivity index (χ1) is 14.7. The maximum Gasteiger partial charge on any atom is 0.251 e. The molecule has 1 aliphatic heterocycles. The van der Waals surface area contributed by atoms with E-state index in [1.165, 1.54) is 17.7 Å². The van der Waals surface area contributed by atoms with Gasteiger partial charge in [-0.05, 0) is 36.8 Å². The molecule has 0 aliphatic carbocycles. The summed E-state index contributed by atoms with van der Waals surface area (Å²) in [7, 11) is 0. The van der Waals surface area contributed by atoms with Crippen LogP contribution in [0.25, 0.3) is 0 Å². The highest BCUT2D eigenvalue weighted by Gasteiger charge is 2.19. The maximum atomic E-state index is 12.1. The van der Waals surface area contributed by atoms with Gasteiger partial charge in [-0.2, -0.15) is 0 Å². The summed E-state index contributed by atoms with van der Waals surface area (Å²) in [6, 6.07) is 16.8. The molecule has 2 aromatic carbocycles. The van der Waals surface area contributed by atoms with Crippen LogP contribution in [-0.4, -0.2) is 72.6 Å². The molecule has 31 heavy (non-hydrogen) atoms. The van der Waals surface area contributed by atoms with E-state index in [1.807, 2.05) is 6.07 Å². The number of aliphatic imine (C=N–C) groups is 1. The molecule has 1 saturated heterocycles. The van der Waals surface area contributed by atoms with Crippen molar-refractivity contribution in [1.82, 2.24) is 20.4 Å². The first kappa shape index (κ1) is 24.9. The number of halogens is 1. The minimum Gasteiger partial charge on any atom is -0.508 e. The highest BCUT2D eigenvalue weighted by atomic mass is 127. The fourth-order valence-corrected chi connectivity index (χ4v) is 3.43. The van der Waals surface area contributed by atoms with E-state index in [0.29, 0.717) is 18.7 Å². The maximum absolute atomic E-state index is 12.1. The van der Waals surface area contributed by atoms with Crippen molar-refractivity contribution in [1.29, 1.82) is 0 Å². The second kappa shape index (κ2) is 13.2. The van der Waals surface area contributed by atoms with Gasteiger partial charge in [0.1, 0.15) is 5.75 Å². The third-order valence-electron chi connectivity index (χ3n) is 5.04. The summed E-state index contributed by atoms with van der Waals surface area (Å²) in [5.41, 5.74) is 1.87. The van der Waals surface area contributed by atoms with Crippen LogP contribution in [0.1, 0.15) is 22.8 Å². The number of benzene rings is 2. The van der Waals surface area contributed by atoms with Gasteiger partial charge < -0.3 is 20.6 Å². The van der Waals surface area contributed by atoms with E-state index in [2.05, 4.69) is 56.6 Å². The Morgan fingerprint density at radius 2 is 1.68 bits per heavy atom. The van der Waals surface area contributed by atoms with E-state index >= 15 is 0 Å². The van der Waals surface area contributed by atoms with E-state index in [0.717, 1.165) is 45.2 Å². The van der Waals surface area contributed by atoms with E-state index < -0.39 is 0 Å². The Morgan fingerprint density at radius 1 is 1.00 bits per heavy atom. The molecular formula is C23H32IN5O2. The molecule has 168 valence electrons. The molecule has 7 nitrogen and oxygen atoms in total. The molecule has 0 saturated carbocycles. The van der Waals surface area contributed by atoms with Crippen molar-refractivity contribution in [3.05, 3.63) is 65.7 Å². The summed E-state index contributed by atoms with van der Waals surface area (Å²) in [4.78, 5) is 21.6. The van der Waals surface area contributed by atoms with E-state index in [-0.39, 0.29) is 35.6 Å². The lowest BCUT2D eigenvalue weighted by Crippen LogP contribution is -2.52. The lowest BCUT2D eigenvalue weighted by molar-refractivity contribution is 0.0954. The second-order valence-corrected chi connectivity index (χ2v) is 7.29. The average molecular weight is 537 g/mol. The Labute approximate surface area is 201 Å². The highest BCUT2D eigenvalue weighted by Crippen LogP contribution is 2.10. The molecular weight excluding hydrogens is 505 g/mol. The zero-order valence-electron chi connectivity index (χ0n) is 18.0. The first-order valence-electron chi connectivity index (χ1n) is 10.5. The minimum absolute atomic E-state index is 0. The van der Waals surface area contributed by atoms with Gasteiger partial charge in [-0.15, -0.1) is 24.0 Å². The van der Waals surface area contributed by atoms with Crippen LogP contribution in [0.3, 0.4) is 0 Å². The standard InChI is InChI=1S/C23H31N5O2.HI/c1-2-24-23(26-13-12-25-22(30)20-8-10-21(29)11-9-20)28-16-14-27(15-17-28)18-19-6-4-3-5-7-19;/h3-11,29H,2,12-18H2,1H3,(H,24,26)(H,25,30);1H. The molecule has 0 unspecified atom stereocenters. The molecule has 2 aromatic rings. The van der Waals surface area contributed by atoms with Crippen LogP contribution in [0.15, 0.2) is 59.6 Å². The fourth-order valence-electron chi connectivity index (χ4n) is 3.43. The van der Waals surface area contributed by atoms with Gasteiger partial charge in [0, 0.05) is 51.4 Å². The molecule has 3 N–H and O–H groups in total. The number of guanidine groups is 1. The van der Waals surface area contributed by atoms with Crippen LogP contribution in [0.5, 0.6) is 5.75 Å². The number of piperazine rings is 1. The number of amides is 1. The molecule has 1 aliphatic rings. The fraction of sp³-hybridized carbons (Fsp3) is 0.391. The zero-order valence-corrected chi connectivity index (χ0v) is 20.3. The number of aromatic hydroxyl groups is 1. The average Bonchev–Trinajstić information content (AvgIpc) is 2.77. The van der Waals surface area contributed by atoms with Crippen molar-refractivity contribution in [2.24, 2.45) is 4.99 Å². The van der Waals surface area contributed by atoms with Crippen LogP contribution < -0.4 is 10.6 Å². The zero-order chi connectivity index (χ0) is 21.2. The molecule has 0 atom stereocenters. The third-order valence-corrected chi connectivity index (χ3v) is 5.04. The van der Waals surface area contributed by atoms with Gasteiger partial charge in [0.05, 0.1) is 6.54 Å². The molecule has 3 rings (SSSR count). The largest absolute Gasteiger partial charge is 0.508 e. The lowest BCUT2D eigenvalue weighted by Gasteiger charge is -2.36. The number of hydrogen-bond acceptors (Lipinski definition) is 4. The Hall–Kier alpha value is -2.33. The quantitative estimate of drug-likeness (QED) is 0.219. The van der Waals surface area contributed by atoms with Gasteiger partial charge in [-0.1, -0.05) is 30.3 Å². The number of phenolic OH excluding ortho intramolecular Hbond substituents is 1. The third kappa shape index (κ3) is 8.02. The van der Waals surface area contributed by atoms with E-state index in [1.54, 1.807) is 12.1 Å². The number of phenols is 1. The van der Waals surface area contributed by atoms with Crippen molar-refractivity contribution in [2.75, 3.05) is 45.8 Å². The van der Waals surface area contributed by atoms with Crippen LogP contribution in [-0.2, 0) is 6.54 Å². The normalized spacial score (nSPS) is 14.6. The van der Waals surface area contributed by atoms with Gasteiger partial charge in [0.25, 0.3) is 5.91 Å². The van der Waals surface area contributed by atoms with E-state index in [9.17, 15) is 9.90 Å². The van der Waals surface area contributed by atoms with Crippen molar-refractivity contribution >= 4 is 35.8 Å². The number of nitrogens with one attached hydrogen (secondary N) is 2. The number of hydrogen-bond donors (Lipinski definition) is 3. The summed E-state index contributed by atoms with van der Waals surface area (Å²) in [5, 5.41) is 15.5. The second-order valence-electron chi connectivity index (χ2n) is 7.29. The number of carbonyl (C=O) groups excluding carboxylic acids is 1. The first-order valence-corrected chi connectivity index (χ1v) is 10.5. The van der Waals surface area contributed by atoms with Crippen LogP contribution in [0.2, 0.25) is 0 Å². The molecule has 1 heterocycles. The predicted molar refractivity (Wildman–Crippen MR) is 135 cm³/mol. The molecule has 0 radical (unpaired) electrons. The van der Waals surface area contributed by atoms with Crippen molar-refractivity contribution in [2.45, 2.75) is 13.5 Å². The molecule has 8 heteroatoms. The molecule has 0 spiro atoms. The molecule has 0 bridgehead atoms. The minimum atomic E-state index is -0.162. The Morgan fingerprint density at radius 3 is 2.32 bits per heavy atom. The van der Waals surface area contributed by atoms with Crippen molar-refractivity contribution in [3.8, 4) is 5.75 Å². The number of rotatable bonds is 7. The van der Waals surface area contributed by atoms with Gasteiger partial charge in [0.15, 0.2) is 5.96 Å². The Bertz CT molecular complexity index is 822. The summed E-state index contributed by atoms with van der Waals surface area (Å²) in [5.74, 6) is 0.885. The Balaban J connectivity index is 0.00000341. The Kier molecular flexibility index (Phi) is 10.6. The van der Waals surface area contributed by atoms with Gasteiger partial charge in [-0.25, -0.2) is 0 Å². The van der Waals surface area contributed by atoms with Gasteiger partial charge >= 0.3 is 0 Å². The lowest BCUT2D eigenvalue weighted by atomic mass is 10.2. The number of nitrogens with zero attached hydrogens (tertiary/aromatic N) is 3. The topological polar surface area (TPSA) is 80.2 Å². The number of carbonyl (C=O) groups is 1. The SMILES string of the molecule is CCNC(=NCCNC(=O)c1ccc(O)cc1)N1CCN(Cc2ccccc2)CC1.I. The van der Waals surface area contributed by atoms with Gasteiger partial charge in [0.2, 0.25) is 0 Å². The summed E-state index contributed by atoms with van der Waals surface area (Å²) >= 11 is 0. The van der Waals surface area contributed by atoms with Crippen LogP contribution in [0.4, 0.5) is 0 Å². The van der Waals surface area contributed by atoms with Crippen LogP contribution in [0, 0.1) is 0 Å². The monoisotopic (exact) mass is 537 g/mol. The summed E-state index contributed by atoms with van der Waals surface area (Å²) in [6.07, 6.45) is 0. The molecule has 1 amide bonds. The predicted octanol–water partition coefficient (Wildman–Crippen LogP) is 2.52. The van der Waals surface area contributed by atoms with Crippen molar-refractivity contribution < 1.29 is 9.90 Å². The molecule has 0 aromatic heterocycles. The van der Waals surface area contributed by atoms with E-state index in [4.69, 9.17) is 0 Å². The molecule has 1 fully saturated rings. The van der Waals surface area contributed by atoms with Crippen LogP contribution >= 0.6 is 24.0 Å². The summed E-state index contributed by atoms with van der Waals surface area (Å²) in [6.45, 7) is 8.67.